The van der Waals surface area contributed by atoms with Crippen molar-refractivity contribution in [2.45, 2.75) is 25.8 Å². The molecule has 1 heterocycles. The van der Waals surface area contributed by atoms with Gasteiger partial charge in [-0.25, -0.2) is 0 Å². The van der Waals surface area contributed by atoms with Gasteiger partial charge in [-0.15, -0.1) is 0 Å². The van der Waals surface area contributed by atoms with Crippen molar-refractivity contribution in [2.75, 3.05) is 13.1 Å². The highest BCUT2D eigenvalue weighted by atomic mass is 15.1. The third-order valence-corrected chi connectivity index (χ3v) is 2.55. The molecule has 0 N–H and O–H groups in total. The van der Waals surface area contributed by atoms with Crippen LogP contribution < -0.4 is 0 Å². The summed E-state index contributed by atoms with van der Waals surface area (Å²) in [6.45, 7) is 3.22. The van der Waals surface area contributed by atoms with E-state index in [-0.39, 0.29) is 6.40 Å². The summed E-state index contributed by atoms with van der Waals surface area (Å²) >= 11 is 0. The van der Waals surface area contributed by atoms with Crippen LogP contribution in [0.1, 0.15) is 26.2 Å². The van der Waals surface area contributed by atoms with Crippen molar-refractivity contribution >= 4 is 0 Å². The van der Waals surface area contributed by atoms with Crippen LogP contribution in [0.4, 0.5) is 0 Å². The van der Waals surface area contributed by atoms with Crippen molar-refractivity contribution in [3.05, 3.63) is 35.9 Å². The SMILES string of the molecule is [2H]C1CCN(Cc2ccccc2)CC1. The first-order valence-corrected chi connectivity index (χ1v) is 5.03. The van der Waals surface area contributed by atoms with Crippen LogP contribution in [0.25, 0.3) is 0 Å². The van der Waals surface area contributed by atoms with E-state index < -0.39 is 0 Å². The fourth-order valence-electron chi connectivity index (χ4n) is 1.80. The van der Waals surface area contributed by atoms with Crippen molar-refractivity contribution in [3.8, 4) is 0 Å². The highest BCUT2D eigenvalue weighted by Crippen LogP contribution is 2.12. The molecule has 2 rings (SSSR count). The standard InChI is InChI=1S/C12H17N/c1-3-7-12(8-4-1)11-13-9-5-2-6-10-13/h1,3-4,7-8H,2,5-6,9-11H2/i2D. The van der Waals surface area contributed by atoms with Gasteiger partial charge >= 0.3 is 0 Å². The molecule has 1 aromatic carbocycles. The van der Waals surface area contributed by atoms with E-state index in [2.05, 4.69) is 35.2 Å². The Kier molecular flexibility index (Phi) is 2.58. The highest BCUT2D eigenvalue weighted by Gasteiger charge is 2.09. The zero-order valence-electron chi connectivity index (χ0n) is 8.95. The first-order valence-electron chi connectivity index (χ1n) is 5.61. The Bertz CT molecular complexity index is 265. The minimum absolute atomic E-state index is 0.182. The molecule has 1 saturated heterocycles. The number of likely N-dealkylation sites (tertiary alicyclic amines) is 1. The monoisotopic (exact) mass is 176 g/mol. The van der Waals surface area contributed by atoms with Crippen LogP contribution in [0.15, 0.2) is 30.3 Å². The smallest absolute Gasteiger partial charge is 0.0267 e. The molecule has 0 amide bonds. The minimum atomic E-state index is 0.182. The van der Waals surface area contributed by atoms with Crippen LogP contribution in [0.2, 0.25) is 0 Å². The third kappa shape index (κ3) is 2.56. The van der Waals surface area contributed by atoms with Crippen LogP contribution in [0, 0.1) is 0 Å². The Morgan fingerprint density at radius 1 is 1.15 bits per heavy atom. The molecule has 1 heteroatoms. The van der Waals surface area contributed by atoms with Gasteiger partial charge in [0, 0.05) is 7.92 Å². The van der Waals surface area contributed by atoms with Gasteiger partial charge in [0.25, 0.3) is 0 Å². The second-order valence-electron chi connectivity index (χ2n) is 3.63. The lowest BCUT2D eigenvalue weighted by Gasteiger charge is -2.26. The number of nitrogens with zero attached hydrogens (tertiary/aromatic N) is 1. The van der Waals surface area contributed by atoms with E-state index in [0.29, 0.717) is 0 Å². The maximum Gasteiger partial charge on any atom is 0.0267 e. The molecule has 0 saturated carbocycles. The molecular formula is C12H17N. The quantitative estimate of drug-likeness (QED) is 0.669. The molecule has 70 valence electrons. The summed E-state index contributed by atoms with van der Waals surface area (Å²) in [5, 5.41) is 0. The van der Waals surface area contributed by atoms with Gasteiger partial charge in [-0.05, 0) is 31.5 Å². The minimum Gasteiger partial charge on any atom is -0.299 e. The number of piperidine rings is 1. The van der Waals surface area contributed by atoms with Crippen LogP contribution in [-0.2, 0) is 6.54 Å². The summed E-state index contributed by atoms with van der Waals surface area (Å²) in [4.78, 5) is 2.44. The van der Waals surface area contributed by atoms with Gasteiger partial charge < -0.3 is 0 Å². The summed E-state index contributed by atoms with van der Waals surface area (Å²) in [5.74, 6) is 0. The van der Waals surface area contributed by atoms with E-state index in [4.69, 9.17) is 1.37 Å². The summed E-state index contributed by atoms with van der Waals surface area (Å²) in [7, 11) is 0. The van der Waals surface area contributed by atoms with Gasteiger partial charge in [-0.3, -0.25) is 4.90 Å². The van der Waals surface area contributed by atoms with Gasteiger partial charge in [0.05, 0.1) is 0 Å². The van der Waals surface area contributed by atoms with Crippen LogP contribution >= 0.6 is 0 Å². The average molecular weight is 176 g/mol. The Morgan fingerprint density at radius 2 is 1.85 bits per heavy atom. The molecule has 0 radical (unpaired) electrons. The first kappa shape index (κ1) is 7.57. The van der Waals surface area contributed by atoms with E-state index >= 15 is 0 Å². The fourth-order valence-corrected chi connectivity index (χ4v) is 1.80. The Hall–Kier alpha value is -0.820. The molecule has 1 nitrogen and oxygen atoms in total. The molecule has 1 fully saturated rings. The molecular weight excluding hydrogens is 158 g/mol. The van der Waals surface area contributed by atoms with Crippen LogP contribution in [0.3, 0.4) is 0 Å². The lowest BCUT2D eigenvalue weighted by molar-refractivity contribution is 0.221. The fraction of sp³-hybridized carbons (Fsp3) is 0.500. The summed E-state index contributed by atoms with van der Waals surface area (Å²) < 4.78 is 7.62. The molecule has 0 unspecified atom stereocenters. The molecule has 0 bridgehead atoms. The van der Waals surface area contributed by atoms with Gasteiger partial charge in [0.2, 0.25) is 0 Å². The topological polar surface area (TPSA) is 3.24 Å². The maximum atomic E-state index is 7.62. The Balaban J connectivity index is 1.87. The average Bonchev–Trinajstić information content (AvgIpc) is 2.23. The third-order valence-electron chi connectivity index (χ3n) is 2.55. The maximum absolute atomic E-state index is 7.62. The van der Waals surface area contributed by atoms with Crippen molar-refractivity contribution < 1.29 is 1.37 Å². The van der Waals surface area contributed by atoms with Crippen LogP contribution in [0.5, 0.6) is 0 Å². The number of hydrogen-bond donors (Lipinski definition) is 0. The molecule has 0 aromatic heterocycles. The predicted molar refractivity (Wildman–Crippen MR) is 55.6 cm³/mol. The first-order chi connectivity index (χ1) is 6.84. The van der Waals surface area contributed by atoms with Crippen molar-refractivity contribution in [2.24, 2.45) is 0 Å². The highest BCUT2D eigenvalue weighted by molar-refractivity contribution is 5.14. The Morgan fingerprint density at radius 3 is 2.54 bits per heavy atom. The molecule has 13 heavy (non-hydrogen) atoms. The van der Waals surface area contributed by atoms with E-state index in [9.17, 15) is 0 Å². The molecule has 1 aliphatic heterocycles. The van der Waals surface area contributed by atoms with E-state index in [1.54, 1.807) is 0 Å². The molecule has 0 spiro atoms. The number of benzene rings is 1. The number of rotatable bonds is 2. The molecule has 0 aliphatic carbocycles. The molecule has 1 aliphatic rings. The van der Waals surface area contributed by atoms with E-state index in [1.807, 2.05) is 0 Å². The summed E-state index contributed by atoms with van der Waals surface area (Å²) in [6, 6.07) is 10.6. The molecule has 0 atom stereocenters. The van der Waals surface area contributed by atoms with Gasteiger partial charge in [0.1, 0.15) is 0 Å². The van der Waals surface area contributed by atoms with E-state index in [1.165, 1.54) is 5.56 Å². The summed E-state index contributed by atoms with van der Waals surface area (Å²) in [6.07, 6.45) is 2.25. The summed E-state index contributed by atoms with van der Waals surface area (Å²) in [5.41, 5.74) is 1.39. The zero-order valence-corrected chi connectivity index (χ0v) is 7.95. The zero-order chi connectivity index (χ0) is 9.80. The number of hydrogen-bond acceptors (Lipinski definition) is 1. The second-order valence-corrected chi connectivity index (χ2v) is 3.63. The Labute approximate surface area is 81.8 Å². The lowest BCUT2D eigenvalue weighted by atomic mass is 10.1. The van der Waals surface area contributed by atoms with Gasteiger partial charge in [-0.2, -0.15) is 0 Å². The van der Waals surface area contributed by atoms with Crippen LogP contribution in [-0.4, -0.2) is 18.0 Å². The van der Waals surface area contributed by atoms with E-state index in [0.717, 1.165) is 32.5 Å². The van der Waals surface area contributed by atoms with Gasteiger partial charge in [-0.1, -0.05) is 36.7 Å². The van der Waals surface area contributed by atoms with Crippen molar-refractivity contribution in [1.82, 2.24) is 4.90 Å². The molecule has 1 aromatic rings. The second kappa shape index (κ2) is 4.43. The predicted octanol–water partition coefficient (Wildman–Crippen LogP) is 2.67. The van der Waals surface area contributed by atoms with Crippen molar-refractivity contribution in [3.63, 3.8) is 0 Å². The normalized spacial score (nSPS) is 21.4. The van der Waals surface area contributed by atoms with Crippen molar-refractivity contribution in [1.29, 1.82) is 0 Å². The van der Waals surface area contributed by atoms with Gasteiger partial charge in [0.15, 0.2) is 0 Å². The lowest BCUT2D eigenvalue weighted by Crippen LogP contribution is -2.28. The largest absolute Gasteiger partial charge is 0.299 e.